The maximum atomic E-state index is 4.88. The minimum absolute atomic E-state index is 0.363. The lowest BCUT2D eigenvalue weighted by atomic mass is 9.75. The third-order valence-corrected chi connectivity index (χ3v) is 7.13. The number of aliphatic imine (C=N–C) groups is 1. The van der Waals surface area contributed by atoms with Gasteiger partial charge in [0, 0.05) is 22.1 Å². The number of amidine groups is 1. The molecule has 0 saturated heterocycles. The van der Waals surface area contributed by atoms with Crippen LogP contribution in [0.5, 0.6) is 0 Å². The van der Waals surface area contributed by atoms with Crippen molar-refractivity contribution in [2.24, 2.45) is 10.4 Å². The molecule has 1 spiro atoms. The van der Waals surface area contributed by atoms with Gasteiger partial charge in [-0.05, 0) is 50.7 Å². The highest BCUT2D eigenvalue weighted by atomic mass is 32.2. The van der Waals surface area contributed by atoms with Gasteiger partial charge in [0.25, 0.3) is 0 Å². The minimum Gasteiger partial charge on any atom is -0.358 e. The Bertz CT molecular complexity index is 527. The van der Waals surface area contributed by atoms with Gasteiger partial charge in [0.05, 0.1) is 6.04 Å². The van der Waals surface area contributed by atoms with Crippen LogP contribution in [0.4, 0.5) is 0 Å². The fourth-order valence-corrected chi connectivity index (χ4v) is 5.85. The second-order valence-electron chi connectivity index (χ2n) is 6.71. The number of nitrogens with one attached hydrogen (secondary N) is 1. The largest absolute Gasteiger partial charge is 0.358 e. The van der Waals surface area contributed by atoms with Crippen molar-refractivity contribution >= 4 is 28.3 Å². The summed E-state index contributed by atoms with van der Waals surface area (Å²) < 4.78 is 0. The van der Waals surface area contributed by atoms with Crippen LogP contribution in [0.15, 0.2) is 11.1 Å². The molecule has 0 amide bonds. The Morgan fingerprint density at radius 3 is 2.57 bits per heavy atom. The Morgan fingerprint density at radius 2 is 2.00 bits per heavy atom. The van der Waals surface area contributed by atoms with Crippen molar-refractivity contribution in [2.75, 3.05) is 12.3 Å². The highest BCUT2D eigenvalue weighted by molar-refractivity contribution is 8.13. The average molecular weight is 323 g/mol. The van der Waals surface area contributed by atoms with Crippen molar-refractivity contribution in [2.45, 2.75) is 58.9 Å². The van der Waals surface area contributed by atoms with Gasteiger partial charge in [-0.2, -0.15) is 0 Å². The van der Waals surface area contributed by atoms with Gasteiger partial charge in [-0.25, -0.2) is 0 Å². The molecule has 1 atom stereocenters. The van der Waals surface area contributed by atoms with Crippen molar-refractivity contribution in [1.82, 2.24) is 5.32 Å². The first-order valence-electron chi connectivity index (χ1n) is 8.09. The second-order valence-corrected chi connectivity index (χ2v) is 9.13. The van der Waals surface area contributed by atoms with Crippen molar-refractivity contribution < 1.29 is 0 Å². The number of thioether (sulfide) groups is 1. The molecule has 0 bridgehead atoms. The molecule has 2 nitrogen and oxygen atoms in total. The van der Waals surface area contributed by atoms with Crippen LogP contribution >= 0.6 is 23.1 Å². The van der Waals surface area contributed by atoms with Crippen LogP contribution < -0.4 is 5.32 Å². The van der Waals surface area contributed by atoms with Crippen LogP contribution in [0, 0.1) is 19.3 Å². The summed E-state index contributed by atoms with van der Waals surface area (Å²) in [6.45, 7) is 7.70. The van der Waals surface area contributed by atoms with Gasteiger partial charge in [-0.1, -0.05) is 31.0 Å². The molecule has 1 aromatic rings. The molecule has 1 aliphatic heterocycles. The van der Waals surface area contributed by atoms with Gasteiger partial charge in [-0.3, -0.25) is 4.99 Å². The second kappa shape index (κ2) is 6.33. The average Bonchev–Trinajstić information content (AvgIpc) is 2.82. The summed E-state index contributed by atoms with van der Waals surface area (Å²) in [5, 5.41) is 4.79. The quantitative estimate of drug-likeness (QED) is 0.822. The molecule has 1 aromatic heterocycles. The molecule has 2 heterocycles. The normalized spacial score (nSPS) is 22.9. The highest BCUT2D eigenvalue weighted by Gasteiger charge is 2.35. The number of hydrogen-bond donors (Lipinski definition) is 1. The molecule has 0 aromatic carbocycles. The van der Waals surface area contributed by atoms with Gasteiger partial charge in [0.1, 0.15) is 0 Å². The van der Waals surface area contributed by atoms with E-state index in [1.807, 2.05) is 23.1 Å². The number of hydrogen-bond acceptors (Lipinski definition) is 4. The lowest BCUT2D eigenvalue weighted by molar-refractivity contribution is 0.232. The zero-order valence-electron chi connectivity index (χ0n) is 13.4. The van der Waals surface area contributed by atoms with Gasteiger partial charge >= 0.3 is 0 Å². The molecule has 4 heteroatoms. The lowest BCUT2D eigenvalue weighted by Crippen LogP contribution is -2.37. The Hall–Kier alpha value is -0.480. The first-order chi connectivity index (χ1) is 10.1. The first-order valence-corrected chi connectivity index (χ1v) is 9.89. The van der Waals surface area contributed by atoms with E-state index in [4.69, 9.17) is 4.99 Å². The van der Waals surface area contributed by atoms with E-state index in [0.717, 1.165) is 11.7 Å². The molecule has 21 heavy (non-hydrogen) atoms. The van der Waals surface area contributed by atoms with E-state index in [9.17, 15) is 0 Å². The van der Waals surface area contributed by atoms with E-state index in [1.165, 1.54) is 53.2 Å². The zero-order chi connectivity index (χ0) is 14.9. The van der Waals surface area contributed by atoms with Gasteiger partial charge < -0.3 is 5.32 Å². The Balaban J connectivity index is 1.62. The smallest absolute Gasteiger partial charge is 0.157 e. The summed E-state index contributed by atoms with van der Waals surface area (Å²) in [5.74, 6) is 1.26. The number of rotatable bonds is 2. The monoisotopic (exact) mass is 322 g/mol. The van der Waals surface area contributed by atoms with Gasteiger partial charge in [-0.15, -0.1) is 11.3 Å². The Kier molecular flexibility index (Phi) is 4.65. The molecular weight excluding hydrogens is 296 g/mol. The van der Waals surface area contributed by atoms with Crippen LogP contribution in [-0.2, 0) is 0 Å². The predicted molar refractivity (Wildman–Crippen MR) is 95.6 cm³/mol. The highest BCUT2D eigenvalue weighted by Crippen LogP contribution is 2.41. The predicted octanol–water partition coefficient (Wildman–Crippen LogP) is 5.07. The maximum Gasteiger partial charge on any atom is 0.157 e. The van der Waals surface area contributed by atoms with Crippen LogP contribution in [0.2, 0.25) is 0 Å². The van der Waals surface area contributed by atoms with E-state index < -0.39 is 0 Å². The summed E-state index contributed by atoms with van der Waals surface area (Å²) in [7, 11) is 0. The molecule has 116 valence electrons. The molecule has 1 N–H and O–H groups in total. The SMILES string of the molecule is Cc1cc(C(C)NC2=NCC3(CCCCC3)CS2)c(C)s1. The van der Waals surface area contributed by atoms with Gasteiger partial charge in [0.2, 0.25) is 0 Å². The number of nitrogens with zero attached hydrogens (tertiary/aromatic N) is 1. The molecule has 1 aliphatic carbocycles. The molecule has 0 radical (unpaired) electrons. The molecular formula is C17H26N2S2. The van der Waals surface area contributed by atoms with E-state index in [-0.39, 0.29) is 0 Å². The fourth-order valence-electron chi connectivity index (χ4n) is 3.59. The van der Waals surface area contributed by atoms with E-state index in [2.05, 4.69) is 32.2 Å². The molecule has 1 unspecified atom stereocenters. The summed E-state index contributed by atoms with van der Waals surface area (Å²) in [5.41, 5.74) is 1.95. The molecule has 2 aliphatic rings. The maximum absolute atomic E-state index is 4.88. The summed E-state index contributed by atoms with van der Waals surface area (Å²) in [6.07, 6.45) is 7.00. The first kappa shape index (κ1) is 15.4. The van der Waals surface area contributed by atoms with Crippen LogP contribution in [0.25, 0.3) is 0 Å². The third-order valence-electron chi connectivity index (χ3n) is 4.87. The lowest BCUT2D eigenvalue weighted by Gasteiger charge is -2.38. The Morgan fingerprint density at radius 1 is 1.24 bits per heavy atom. The van der Waals surface area contributed by atoms with Gasteiger partial charge in [0.15, 0.2) is 5.17 Å². The fraction of sp³-hybridized carbons (Fsp3) is 0.706. The number of aryl methyl sites for hydroxylation is 2. The van der Waals surface area contributed by atoms with Crippen molar-refractivity contribution in [3.63, 3.8) is 0 Å². The molecule has 3 rings (SSSR count). The molecule has 1 saturated carbocycles. The summed E-state index contributed by atoms with van der Waals surface area (Å²) in [4.78, 5) is 7.71. The number of thiophene rings is 1. The van der Waals surface area contributed by atoms with Crippen LogP contribution in [0.3, 0.4) is 0 Å². The summed E-state index contributed by atoms with van der Waals surface area (Å²) >= 11 is 3.84. The third kappa shape index (κ3) is 3.48. The summed E-state index contributed by atoms with van der Waals surface area (Å²) in [6, 6.07) is 2.68. The zero-order valence-corrected chi connectivity index (χ0v) is 15.0. The van der Waals surface area contributed by atoms with Crippen LogP contribution in [0.1, 0.15) is 60.4 Å². The molecule has 1 fully saturated rings. The van der Waals surface area contributed by atoms with Crippen molar-refractivity contribution in [1.29, 1.82) is 0 Å². The topological polar surface area (TPSA) is 24.4 Å². The standard InChI is InChI=1S/C17H26N2S2/c1-12-9-15(14(3)21-12)13(2)19-16-18-10-17(11-20-16)7-5-4-6-8-17/h9,13H,4-8,10-11H2,1-3H3,(H,18,19). The van der Waals surface area contributed by atoms with E-state index in [0.29, 0.717) is 11.5 Å². The van der Waals surface area contributed by atoms with Crippen molar-refractivity contribution in [3.05, 3.63) is 21.4 Å². The Labute approximate surface area is 136 Å². The minimum atomic E-state index is 0.363. The van der Waals surface area contributed by atoms with E-state index in [1.54, 1.807) is 0 Å². The van der Waals surface area contributed by atoms with Crippen molar-refractivity contribution in [3.8, 4) is 0 Å². The van der Waals surface area contributed by atoms with Crippen LogP contribution in [-0.4, -0.2) is 17.5 Å². The van der Waals surface area contributed by atoms with E-state index >= 15 is 0 Å².